The van der Waals surface area contributed by atoms with E-state index < -0.39 is 0 Å². The van der Waals surface area contributed by atoms with Crippen LogP contribution in [0.2, 0.25) is 0 Å². The van der Waals surface area contributed by atoms with E-state index in [4.69, 9.17) is 10.4 Å². The van der Waals surface area contributed by atoms with Crippen LogP contribution in [0.1, 0.15) is 22.3 Å². The van der Waals surface area contributed by atoms with Gasteiger partial charge < -0.3 is 0 Å². The van der Waals surface area contributed by atoms with Gasteiger partial charge in [-0.2, -0.15) is 0 Å². The molecule has 34 heavy (non-hydrogen) atoms. The van der Waals surface area contributed by atoms with Crippen molar-refractivity contribution in [3.8, 4) is 0 Å². The Morgan fingerprint density at radius 2 is 0.853 bits per heavy atom. The molecule has 6 heterocycles. The fraction of sp³-hybridized carbons (Fsp3) is 0.143. The number of hydrogen-bond donors (Lipinski definition) is 0. The minimum atomic E-state index is 0.734. The molecule has 0 N–H and O–H groups in total. The Balaban J connectivity index is 1.38. The van der Waals surface area contributed by atoms with Crippen molar-refractivity contribution in [3.05, 3.63) is 119 Å². The van der Waals surface area contributed by atoms with Gasteiger partial charge in [-0.15, -0.1) is 18.7 Å². The van der Waals surface area contributed by atoms with E-state index in [1.165, 1.54) is 22.3 Å². The van der Waals surface area contributed by atoms with Gasteiger partial charge in [0.2, 0.25) is 0 Å². The van der Waals surface area contributed by atoms with Crippen LogP contribution in [0.15, 0.2) is 97.1 Å². The molecule has 8 bridgehead atoms. The fourth-order valence-electron chi connectivity index (χ4n) is 4.91. The lowest BCUT2D eigenvalue weighted by molar-refractivity contribution is -0.725. The van der Waals surface area contributed by atoms with Gasteiger partial charge in [-0.3, -0.25) is 0 Å². The molecule has 0 unspecified atom stereocenters. The smallest absolute Gasteiger partial charge is 0.125 e. The third-order valence-electron chi connectivity index (χ3n) is 6.68. The normalized spacial score (nSPS) is 13.4. The van der Waals surface area contributed by atoms with Gasteiger partial charge in [-0.25, -0.2) is 0 Å². The second-order valence-electron chi connectivity index (χ2n) is 9.02. The molecule has 10 rings (SSSR count). The van der Waals surface area contributed by atoms with Gasteiger partial charge in [0.05, 0.1) is 10.4 Å². The highest BCUT2D eigenvalue weighted by Gasteiger charge is 2.21. The summed E-state index contributed by atoms with van der Waals surface area (Å²) < 4.78 is 8.41. The van der Waals surface area contributed by atoms with E-state index in [1.807, 2.05) is 0 Å². The monoisotopic (exact) mass is 444 g/mol. The van der Waals surface area contributed by atoms with Crippen LogP contribution in [-0.4, -0.2) is 19.8 Å². The summed E-state index contributed by atoms with van der Waals surface area (Å²) in [6, 6.07) is 34.6. The molecule has 6 aromatic rings. The van der Waals surface area contributed by atoms with Crippen molar-refractivity contribution in [1.82, 2.24) is 19.8 Å². The largest absolute Gasteiger partial charge is 0.198 e. The van der Waals surface area contributed by atoms with Gasteiger partial charge in [0.1, 0.15) is 26.2 Å². The van der Waals surface area contributed by atoms with Crippen LogP contribution in [-0.2, 0) is 26.2 Å². The predicted octanol–water partition coefficient (Wildman–Crippen LogP) is 3.47. The number of benzene rings is 4. The number of aromatic nitrogens is 6. The Bertz CT molecular complexity index is 1400. The molecule has 0 amide bonds. The molecule has 4 aromatic carbocycles. The number of hydrogen-bond acceptors (Lipinski definition) is 2. The highest BCUT2D eigenvalue weighted by molar-refractivity contribution is 5.71. The van der Waals surface area contributed by atoms with Crippen LogP contribution < -0.4 is 9.36 Å². The molecule has 0 fully saturated rings. The maximum absolute atomic E-state index is 4.96. The summed E-state index contributed by atoms with van der Waals surface area (Å²) in [5.74, 6) is 0. The van der Waals surface area contributed by atoms with Crippen molar-refractivity contribution < 1.29 is 9.36 Å². The van der Waals surface area contributed by atoms with Crippen LogP contribution in [0.5, 0.6) is 0 Å². The summed E-state index contributed by atoms with van der Waals surface area (Å²) in [5, 5.41) is 9.91. The van der Waals surface area contributed by atoms with Crippen molar-refractivity contribution >= 4 is 22.1 Å². The van der Waals surface area contributed by atoms with Gasteiger partial charge in [0.25, 0.3) is 0 Å². The van der Waals surface area contributed by atoms with Crippen molar-refractivity contribution in [2.75, 3.05) is 0 Å². The van der Waals surface area contributed by atoms with Crippen molar-refractivity contribution in [2.45, 2.75) is 26.2 Å². The molecule has 4 aliphatic rings. The quantitative estimate of drug-likeness (QED) is 0.336. The Kier molecular flexibility index (Phi) is 4.30. The summed E-state index contributed by atoms with van der Waals surface area (Å²) >= 11 is 0. The molecule has 0 spiro atoms. The van der Waals surface area contributed by atoms with Crippen LogP contribution >= 0.6 is 0 Å². The maximum atomic E-state index is 4.96. The van der Waals surface area contributed by atoms with E-state index in [-0.39, 0.29) is 0 Å². The maximum Gasteiger partial charge on any atom is 0.198 e. The average molecular weight is 445 g/mol. The minimum Gasteiger partial charge on any atom is -0.125 e. The first-order valence-electron chi connectivity index (χ1n) is 11.7. The SMILES string of the molecule is c1ccc2c(c1)n1n[n+]2Cc2ccc(cc2)Cn2n[n+](c3ccccc32)Cc2ccc(cc2)C1. The lowest BCUT2D eigenvalue weighted by Gasteiger charge is -2.02. The van der Waals surface area contributed by atoms with Crippen LogP contribution in [0.25, 0.3) is 22.1 Å². The zero-order valence-corrected chi connectivity index (χ0v) is 18.7. The standard InChI is InChI=1S/C28H24N6/c1-2-6-26-25(5-1)31-17-21-9-11-23(12-10-21)19-33-27-7-3-4-8-28(27)34(30-33)20-24-15-13-22(14-16-24)18-32(26)29-31/h1-16H,17-20H2/q+2. The van der Waals surface area contributed by atoms with Crippen LogP contribution in [0, 0.1) is 0 Å². The molecular formula is C28H24N6+2. The average Bonchev–Trinajstić information content (AvgIpc) is 3.39. The molecule has 0 saturated carbocycles. The van der Waals surface area contributed by atoms with E-state index in [2.05, 4.69) is 116 Å². The molecule has 4 aliphatic heterocycles. The summed E-state index contributed by atoms with van der Waals surface area (Å²) in [4.78, 5) is 0. The van der Waals surface area contributed by atoms with E-state index in [1.54, 1.807) is 0 Å². The minimum absolute atomic E-state index is 0.734. The topological polar surface area (TPSA) is 43.4 Å². The third-order valence-corrected chi connectivity index (χ3v) is 6.68. The molecule has 2 aromatic heterocycles. The zero-order chi connectivity index (χ0) is 22.5. The summed E-state index contributed by atoms with van der Waals surface area (Å²) in [5.41, 5.74) is 9.51. The Labute approximate surface area is 196 Å². The zero-order valence-electron chi connectivity index (χ0n) is 18.7. The third kappa shape index (κ3) is 3.27. The van der Waals surface area contributed by atoms with E-state index >= 15 is 0 Å². The number of fused-ring (bicyclic) bond motifs is 2. The second-order valence-corrected chi connectivity index (χ2v) is 9.02. The van der Waals surface area contributed by atoms with Crippen molar-refractivity contribution in [2.24, 2.45) is 0 Å². The summed E-state index contributed by atoms with van der Waals surface area (Å²) in [6.07, 6.45) is 0. The Morgan fingerprint density at radius 1 is 0.471 bits per heavy atom. The first-order valence-corrected chi connectivity index (χ1v) is 11.7. The Morgan fingerprint density at radius 3 is 1.29 bits per heavy atom. The summed E-state index contributed by atoms with van der Waals surface area (Å²) in [6.45, 7) is 2.93. The van der Waals surface area contributed by atoms with Gasteiger partial charge in [-0.05, 0) is 46.5 Å². The van der Waals surface area contributed by atoms with Gasteiger partial charge in [0.15, 0.2) is 22.1 Å². The molecule has 164 valence electrons. The first kappa shape index (κ1) is 19.2. The molecule has 6 nitrogen and oxygen atoms in total. The predicted molar refractivity (Wildman–Crippen MR) is 129 cm³/mol. The lowest BCUT2D eigenvalue weighted by Crippen LogP contribution is -2.38. The summed E-state index contributed by atoms with van der Waals surface area (Å²) in [7, 11) is 0. The molecule has 0 atom stereocenters. The molecule has 0 saturated heterocycles. The van der Waals surface area contributed by atoms with E-state index in [9.17, 15) is 0 Å². The second kappa shape index (κ2) is 7.63. The molecule has 6 heteroatoms. The first-order chi connectivity index (χ1) is 16.8. The Hall–Kier alpha value is -4.32. The van der Waals surface area contributed by atoms with Crippen LogP contribution in [0.4, 0.5) is 0 Å². The lowest BCUT2D eigenvalue weighted by atomic mass is 10.1. The van der Waals surface area contributed by atoms with Crippen molar-refractivity contribution in [3.63, 3.8) is 0 Å². The van der Waals surface area contributed by atoms with Crippen LogP contribution in [0.3, 0.4) is 0 Å². The van der Waals surface area contributed by atoms with Gasteiger partial charge in [0, 0.05) is 0 Å². The molecular weight excluding hydrogens is 420 g/mol. The number of nitrogens with zero attached hydrogens (tertiary/aromatic N) is 6. The highest BCUT2D eigenvalue weighted by atomic mass is 15.5. The van der Waals surface area contributed by atoms with Gasteiger partial charge in [-0.1, -0.05) is 72.8 Å². The highest BCUT2D eigenvalue weighted by Crippen LogP contribution is 2.16. The fourth-order valence-corrected chi connectivity index (χ4v) is 4.91. The van der Waals surface area contributed by atoms with E-state index in [0.717, 1.165) is 48.2 Å². The van der Waals surface area contributed by atoms with Crippen molar-refractivity contribution in [1.29, 1.82) is 0 Å². The molecule has 0 radical (unpaired) electrons. The van der Waals surface area contributed by atoms with E-state index in [0.29, 0.717) is 0 Å². The van der Waals surface area contributed by atoms with Gasteiger partial charge >= 0.3 is 0 Å². The molecule has 0 aliphatic carbocycles. The number of para-hydroxylation sites is 4. The number of rotatable bonds is 0.